The Morgan fingerprint density at radius 1 is 0.326 bits per heavy atom. The number of unbranched alkanes of at least 4 members (excludes halogenated alkanes) is 5. The van der Waals surface area contributed by atoms with Crippen LogP contribution in [0.1, 0.15) is 176 Å². The van der Waals surface area contributed by atoms with Gasteiger partial charge in [0.2, 0.25) is 65.0 Å². The summed E-state index contributed by atoms with van der Waals surface area (Å²) < 4.78 is 0. The minimum atomic E-state index is -1.49. The second-order valence-electron chi connectivity index (χ2n) is 24.6. The molecule has 0 aliphatic carbocycles. The molecule has 0 bridgehead atoms. The van der Waals surface area contributed by atoms with Crippen molar-refractivity contribution in [3.63, 3.8) is 0 Å². The Hall–Kier alpha value is -6.81. The lowest BCUT2D eigenvalue weighted by atomic mass is 9.99. The molecular weight excluding hydrogens is 1140 g/mol. The van der Waals surface area contributed by atoms with E-state index in [2.05, 4.69) is 53.2 Å². The van der Waals surface area contributed by atoms with Crippen LogP contribution in [0.25, 0.3) is 0 Å². The summed E-state index contributed by atoms with van der Waals surface area (Å²) in [5.41, 5.74) is 35.5. The summed E-state index contributed by atoms with van der Waals surface area (Å²) in [4.78, 5) is 158. The van der Waals surface area contributed by atoms with Crippen molar-refractivity contribution in [2.75, 3.05) is 32.7 Å². The van der Waals surface area contributed by atoms with Gasteiger partial charge in [-0.1, -0.05) is 71.9 Å². The summed E-state index contributed by atoms with van der Waals surface area (Å²) in [7, 11) is 0. The van der Waals surface area contributed by atoms with Gasteiger partial charge in [-0.05, 0) is 178 Å². The first-order valence-electron chi connectivity index (χ1n) is 32.2. The van der Waals surface area contributed by atoms with E-state index in [4.69, 9.17) is 34.4 Å². The topological polar surface area (TPSA) is 464 Å². The number of hydrogen-bond donors (Lipinski definition) is 16. The van der Waals surface area contributed by atoms with Gasteiger partial charge in [-0.2, -0.15) is 0 Å². The predicted molar refractivity (Wildman–Crippen MR) is 341 cm³/mol. The van der Waals surface area contributed by atoms with Gasteiger partial charge in [-0.3, -0.25) is 52.7 Å². The number of hydrogen-bond acceptors (Lipinski definition) is 16. The third kappa shape index (κ3) is 31.5. The van der Waals surface area contributed by atoms with E-state index < -0.39 is 125 Å². The quantitative estimate of drug-likeness (QED) is 0.0402. The molecule has 22 N–H and O–H groups in total. The average molecular weight is 1260 g/mol. The van der Waals surface area contributed by atoms with E-state index >= 15 is 0 Å². The average Bonchev–Trinajstić information content (AvgIpc) is 3.53. The Morgan fingerprint density at radius 2 is 0.539 bits per heavy atom. The van der Waals surface area contributed by atoms with E-state index in [0.717, 1.165) is 0 Å². The Bertz CT molecular complexity index is 2370. The first kappa shape index (κ1) is 78.3. The fraction of sp³-hybridized carbons (Fsp3) is 0.726. The second-order valence-corrected chi connectivity index (χ2v) is 24.6. The minimum absolute atomic E-state index is 0.0216. The van der Waals surface area contributed by atoms with Gasteiger partial charge in [-0.25, -0.2) is 0 Å². The molecule has 1 aromatic rings. The van der Waals surface area contributed by atoms with E-state index in [-0.39, 0.29) is 121 Å². The zero-order valence-corrected chi connectivity index (χ0v) is 53.7. The van der Waals surface area contributed by atoms with Crippen LogP contribution in [-0.2, 0) is 59.2 Å². The SMILES string of the molecule is CC(C)C[C@@H]1NC(=O)[C@H](CCCCN)NC(=O)[C@H](CCC(N)=O)NC(=O)[C@H](CC(C)C)NC(=O)[C@H](CCCCN)NC(=O)[C@H](CC(C)C)NC(=O)[C@H](Cc2ccccc2)NC(=O)[C@H](CCCCN)NC(=O)[C@H](CCCCN)NC(=O)[C@H](CCCCN)NC1=O. The molecule has 0 saturated carbocycles. The number of carbonyl (C=O) groups is 11. The molecule has 2 rings (SSSR count). The molecule has 27 heteroatoms. The van der Waals surface area contributed by atoms with Crippen LogP contribution in [0.4, 0.5) is 0 Å². The number of rotatable bonds is 31. The standard InChI is InChI=1S/C62H110N16O11/c1-38(2)34-48-59(86)72-43(23-11-16-30-64)54(81)69-42(22-10-15-29-63)53(80)70-45(25-13-18-32-66)57(84)78-51(37-41-20-8-7-9-21-41)62(89)77-50(36-40(5)6)60(87)73-46(26-14-19-33-67)56(83)76-49(35-39(3)4)61(88)74-47(27-28-52(68)79)58(85)71-44(55(82)75-48)24-12-17-31-65/h7-9,20-21,38-40,42-51H,10-19,22-37,63-67H2,1-6H3,(H2,68,79)(H,69,81)(H,70,80)(H,71,85)(H,72,86)(H,73,87)(H,74,88)(H,75,82)(H,76,83)(H,77,89)(H,78,84)/t42-,43-,44-,45-,46-,47-,48-,49-,50-,51-/m0/s1. The molecule has 0 radical (unpaired) electrons. The van der Waals surface area contributed by atoms with Gasteiger partial charge in [0, 0.05) is 12.8 Å². The highest BCUT2D eigenvalue weighted by molar-refractivity contribution is 5.99. The normalized spacial score (nSPS) is 23.9. The van der Waals surface area contributed by atoms with Crippen molar-refractivity contribution in [2.24, 2.45) is 52.2 Å². The van der Waals surface area contributed by atoms with Crippen molar-refractivity contribution >= 4 is 65.0 Å². The molecule has 0 unspecified atom stereocenters. The lowest BCUT2D eigenvalue weighted by Gasteiger charge is -2.30. The fourth-order valence-electron chi connectivity index (χ4n) is 10.3. The van der Waals surface area contributed by atoms with E-state index in [0.29, 0.717) is 69.8 Å². The smallest absolute Gasteiger partial charge is 0.243 e. The summed E-state index contributed by atoms with van der Waals surface area (Å²) in [6.07, 6.45) is 3.83. The molecule has 11 amide bonds. The monoisotopic (exact) mass is 1250 g/mol. The fourth-order valence-corrected chi connectivity index (χ4v) is 10.3. The molecule has 1 saturated heterocycles. The van der Waals surface area contributed by atoms with Crippen molar-refractivity contribution < 1.29 is 52.7 Å². The Balaban J connectivity index is 3.01. The number of benzene rings is 1. The highest BCUT2D eigenvalue weighted by Crippen LogP contribution is 2.16. The lowest BCUT2D eigenvalue weighted by Crippen LogP contribution is -2.61. The largest absolute Gasteiger partial charge is 0.370 e. The summed E-state index contributed by atoms with van der Waals surface area (Å²) >= 11 is 0. The third-order valence-corrected chi connectivity index (χ3v) is 15.1. The number of nitrogens with two attached hydrogens (primary N) is 6. The molecule has 504 valence electrons. The molecule has 0 aromatic heterocycles. The number of carbonyl (C=O) groups excluding carboxylic acids is 11. The van der Waals surface area contributed by atoms with Gasteiger partial charge < -0.3 is 87.6 Å². The van der Waals surface area contributed by atoms with Crippen molar-refractivity contribution in [3.8, 4) is 0 Å². The van der Waals surface area contributed by atoms with E-state index in [1.807, 2.05) is 27.7 Å². The second kappa shape index (κ2) is 43.8. The lowest BCUT2D eigenvalue weighted by molar-refractivity contribution is -0.137. The van der Waals surface area contributed by atoms with E-state index in [1.54, 1.807) is 44.2 Å². The molecule has 0 spiro atoms. The molecule has 1 aromatic carbocycles. The van der Waals surface area contributed by atoms with Gasteiger partial charge in [0.1, 0.15) is 60.4 Å². The zero-order chi connectivity index (χ0) is 66.4. The maximum Gasteiger partial charge on any atom is 0.243 e. The highest BCUT2D eigenvalue weighted by atomic mass is 16.2. The van der Waals surface area contributed by atoms with Crippen LogP contribution < -0.4 is 87.6 Å². The van der Waals surface area contributed by atoms with Gasteiger partial charge in [0.05, 0.1) is 0 Å². The van der Waals surface area contributed by atoms with Gasteiger partial charge in [-0.15, -0.1) is 0 Å². The van der Waals surface area contributed by atoms with E-state index in [9.17, 15) is 52.7 Å². The predicted octanol–water partition coefficient (Wildman–Crippen LogP) is -0.861. The van der Waals surface area contributed by atoms with Crippen molar-refractivity contribution in [2.45, 2.75) is 237 Å². The summed E-state index contributed by atoms with van der Waals surface area (Å²) in [5, 5.41) is 27.9. The molecular formula is C62H110N16O11. The van der Waals surface area contributed by atoms with Crippen LogP contribution in [0, 0.1) is 17.8 Å². The maximum atomic E-state index is 14.8. The number of nitrogens with one attached hydrogen (secondary N) is 10. The van der Waals surface area contributed by atoms with Crippen LogP contribution in [0.3, 0.4) is 0 Å². The van der Waals surface area contributed by atoms with E-state index in [1.165, 1.54) is 0 Å². The number of primary amides is 1. The summed E-state index contributed by atoms with van der Waals surface area (Å²) in [5.74, 6) is -9.15. The van der Waals surface area contributed by atoms with Crippen molar-refractivity contribution in [3.05, 3.63) is 35.9 Å². The molecule has 1 heterocycles. The third-order valence-electron chi connectivity index (χ3n) is 15.1. The Kier molecular flexibility index (Phi) is 38.5. The first-order chi connectivity index (χ1) is 42.4. The van der Waals surface area contributed by atoms with Gasteiger partial charge in [0.25, 0.3) is 0 Å². The summed E-state index contributed by atoms with van der Waals surface area (Å²) in [6.45, 7) is 12.2. The van der Waals surface area contributed by atoms with Crippen LogP contribution >= 0.6 is 0 Å². The molecule has 1 fully saturated rings. The van der Waals surface area contributed by atoms with Crippen molar-refractivity contribution in [1.82, 2.24) is 53.2 Å². The first-order valence-corrected chi connectivity index (χ1v) is 32.2. The van der Waals surface area contributed by atoms with Crippen LogP contribution in [-0.4, -0.2) is 158 Å². The molecule has 27 nitrogen and oxygen atoms in total. The van der Waals surface area contributed by atoms with Crippen LogP contribution in [0.2, 0.25) is 0 Å². The zero-order valence-electron chi connectivity index (χ0n) is 53.7. The Labute approximate surface area is 526 Å². The van der Waals surface area contributed by atoms with Crippen molar-refractivity contribution in [1.29, 1.82) is 0 Å². The van der Waals surface area contributed by atoms with Crippen LogP contribution in [0.15, 0.2) is 30.3 Å². The van der Waals surface area contributed by atoms with Gasteiger partial charge >= 0.3 is 0 Å². The molecule has 89 heavy (non-hydrogen) atoms. The molecule has 10 atom stereocenters. The summed E-state index contributed by atoms with van der Waals surface area (Å²) in [6, 6.07) is -4.30. The molecule has 1 aliphatic rings. The maximum absolute atomic E-state index is 14.8. The van der Waals surface area contributed by atoms with Crippen LogP contribution in [0.5, 0.6) is 0 Å². The minimum Gasteiger partial charge on any atom is -0.370 e. The number of amides is 11. The highest BCUT2D eigenvalue weighted by Gasteiger charge is 2.37. The molecule has 1 aliphatic heterocycles. The van der Waals surface area contributed by atoms with Gasteiger partial charge in [0.15, 0.2) is 0 Å². The Morgan fingerprint density at radius 3 is 0.775 bits per heavy atom.